The van der Waals surface area contributed by atoms with Gasteiger partial charge in [0, 0.05) is 12.3 Å². The van der Waals surface area contributed by atoms with Crippen molar-refractivity contribution < 1.29 is 52.8 Å². The van der Waals surface area contributed by atoms with Gasteiger partial charge in [0.2, 0.25) is 6.79 Å². The molecule has 2 unspecified atom stereocenters. The molecule has 2 aromatic rings. The van der Waals surface area contributed by atoms with Crippen molar-refractivity contribution in [1.29, 1.82) is 0 Å². The number of cyclic esters (lactones) is 2. The highest BCUT2D eigenvalue weighted by Crippen LogP contribution is 2.30. The van der Waals surface area contributed by atoms with E-state index in [1.54, 1.807) is 34.6 Å². The third-order valence-corrected chi connectivity index (χ3v) is 6.25. The molecule has 2 N–H and O–H groups in total. The van der Waals surface area contributed by atoms with Crippen molar-refractivity contribution in [3.05, 3.63) is 53.9 Å². The topological polar surface area (TPSA) is 177 Å². The molecule has 44 heavy (non-hydrogen) atoms. The zero-order chi connectivity index (χ0) is 32.8. The van der Waals surface area contributed by atoms with Gasteiger partial charge in [-0.3, -0.25) is 19.2 Å². The number of hydrogen-bond acceptors (Lipinski definition) is 11. The van der Waals surface area contributed by atoms with Crippen LogP contribution >= 0.6 is 0 Å². The van der Waals surface area contributed by atoms with E-state index in [4.69, 9.17) is 28.8 Å². The number of pyridine rings is 1. The third-order valence-electron chi connectivity index (χ3n) is 6.25. The number of carbonyl (C=O) groups is 5. The SMILES string of the molecule is CC(C)C(=O)O.COc1ccnc(C(=O)N[C@H]2COC(=O)C(Cc3ccccc3)CC(C)OC2=O)c1OCOC(=O)C(C)C. The van der Waals surface area contributed by atoms with Gasteiger partial charge >= 0.3 is 23.9 Å². The summed E-state index contributed by atoms with van der Waals surface area (Å²) in [6.45, 7) is 7.39. The minimum atomic E-state index is -1.29. The maximum Gasteiger partial charge on any atom is 0.332 e. The van der Waals surface area contributed by atoms with Crippen LogP contribution in [-0.4, -0.2) is 72.5 Å². The van der Waals surface area contributed by atoms with Crippen molar-refractivity contribution in [2.75, 3.05) is 20.5 Å². The van der Waals surface area contributed by atoms with Crippen LogP contribution in [-0.2, 0) is 39.8 Å². The molecule has 1 saturated heterocycles. The number of ether oxygens (including phenoxy) is 5. The number of rotatable bonds is 10. The van der Waals surface area contributed by atoms with Gasteiger partial charge in [-0.1, -0.05) is 58.0 Å². The van der Waals surface area contributed by atoms with E-state index in [0.717, 1.165) is 5.56 Å². The number of hydrogen-bond donors (Lipinski definition) is 2. The van der Waals surface area contributed by atoms with Gasteiger partial charge in [0.1, 0.15) is 6.61 Å². The molecule has 240 valence electrons. The van der Waals surface area contributed by atoms with Crippen LogP contribution in [0.2, 0.25) is 0 Å². The highest BCUT2D eigenvalue weighted by molar-refractivity contribution is 5.98. The normalized spacial score (nSPS) is 18.3. The van der Waals surface area contributed by atoms with Crippen molar-refractivity contribution in [2.45, 2.75) is 59.6 Å². The van der Waals surface area contributed by atoms with Crippen LogP contribution in [0.5, 0.6) is 11.5 Å². The number of aromatic nitrogens is 1. The van der Waals surface area contributed by atoms with Gasteiger partial charge in [-0.05, 0) is 25.3 Å². The number of methoxy groups -OCH3 is 1. The third kappa shape index (κ3) is 11.2. The van der Waals surface area contributed by atoms with E-state index in [1.807, 2.05) is 30.3 Å². The van der Waals surface area contributed by atoms with Crippen LogP contribution in [0.15, 0.2) is 42.6 Å². The lowest BCUT2D eigenvalue weighted by molar-refractivity contribution is -0.154. The van der Waals surface area contributed by atoms with E-state index in [-0.39, 0.29) is 35.4 Å². The summed E-state index contributed by atoms with van der Waals surface area (Å²) in [6.07, 6.45) is 1.42. The van der Waals surface area contributed by atoms with Crippen molar-refractivity contribution >= 4 is 29.8 Å². The number of carboxylic acid groups (broad SMARTS) is 1. The van der Waals surface area contributed by atoms with Gasteiger partial charge in [0.15, 0.2) is 23.2 Å². The molecule has 0 bridgehead atoms. The molecule has 0 aliphatic carbocycles. The molecule has 1 aliphatic heterocycles. The highest BCUT2D eigenvalue weighted by Gasteiger charge is 2.33. The van der Waals surface area contributed by atoms with Gasteiger partial charge in [-0.25, -0.2) is 9.78 Å². The molecule has 0 saturated carbocycles. The van der Waals surface area contributed by atoms with E-state index >= 15 is 0 Å². The maximum absolute atomic E-state index is 13.1. The smallest absolute Gasteiger partial charge is 0.332 e. The lowest BCUT2D eigenvalue weighted by atomic mass is 9.94. The van der Waals surface area contributed by atoms with Crippen molar-refractivity contribution in [1.82, 2.24) is 10.3 Å². The van der Waals surface area contributed by atoms with E-state index in [2.05, 4.69) is 10.3 Å². The lowest BCUT2D eigenvalue weighted by Crippen LogP contribution is -2.46. The fraction of sp³-hybridized carbons (Fsp3) is 0.484. The average molecular weight is 617 g/mol. The number of amides is 1. The van der Waals surface area contributed by atoms with Crippen LogP contribution < -0.4 is 14.8 Å². The second-order valence-corrected chi connectivity index (χ2v) is 10.6. The number of aliphatic carboxylic acids is 1. The Bertz CT molecular complexity index is 1280. The Morgan fingerprint density at radius 1 is 1.05 bits per heavy atom. The molecule has 1 aromatic carbocycles. The van der Waals surface area contributed by atoms with Gasteiger partial charge in [-0.2, -0.15) is 0 Å². The van der Waals surface area contributed by atoms with Gasteiger partial charge in [-0.15, -0.1) is 0 Å². The summed E-state index contributed by atoms with van der Waals surface area (Å²) in [5, 5.41) is 10.5. The molecule has 1 fully saturated rings. The van der Waals surface area contributed by atoms with Crippen LogP contribution in [0.25, 0.3) is 0 Å². The molecular formula is C31H40N2O11. The summed E-state index contributed by atoms with van der Waals surface area (Å²) in [4.78, 5) is 64.3. The average Bonchev–Trinajstić information content (AvgIpc) is 3.02. The first-order chi connectivity index (χ1) is 20.8. The molecule has 0 spiro atoms. The molecule has 13 nitrogen and oxygen atoms in total. The van der Waals surface area contributed by atoms with Gasteiger partial charge in [0.05, 0.1) is 31.0 Å². The van der Waals surface area contributed by atoms with Crippen LogP contribution in [0.4, 0.5) is 0 Å². The first kappa shape index (κ1) is 35.5. The largest absolute Gasteiger partial charge is 0.493 e. The number of nitrogens with one attached hydrogen (secondary N) is 1. The molecule has 0 radical (unpaired) electrons. The van der Waals surface area contributed by atoms with Gasteiger partial charge in [0.25, 0.3) is 5.91 Å². The summed E-state index contributed by atoms with van der Waals surface area (Å²) in [5.41, 5.74) is 0.728. The number of nitrogens with zero attached hydrogens (tertiary/aromatic N) is 1. The van der Waals surface area contributed by atoms with Crippen LogP contribution in [0.1, 0.15) is 57.1 Å². The van der Waals surface area contributed by atoms with Crippen molar-refractivity contribution in [3.8, 4) is 11.5 Å². The molecule has 1 aliphatic rings. The number of esters is 3. The molecule has 13 heteroatoms. The molecule has 1 aromatic heterocycles. The fourth-order valence-electron chi connectivity index (χ4n) is 3.77. The summed E-state index contributed by atoms with van der Waals surface area (Å²) in [5.74, 6) is -4.34. The Morgan fingerprint density at radius 3 is 2.30 bits per heavy atom. The predicted octanol–water partition coefficient (Wildman–Crippen LogP) is 3.19. The Kier molecular flexibility index (Phi) is 14.1. The van der Waals surface area contributed by atoms with E-state index < -0.39 is 61.2 Å². The Balaban J connectivity index is 0.00000102. The van der Waals surface area contributed by atoms with E-state index in [1.165, 1.54) is 19.4 Å². The predicted molar refractivity (Wildman–Crippen MR) is 156 cm³/mol. The minimum absolute atomic E-state index is 0.0891. The Hall–Kier alpha value is -4.68. The maximum atomic E-state index is 13.1. The second-order valence-electron chi connectivity index (χ2n) is 10.6. The van der Waals surface area contributed by atoms with Crippen molar-refractivity contribution in [2.24, 2.45) is 17.8 Å². The summed E-state index contributed by atoms with van der Waals surface area (Å²) in [6, 6.07) is 9.63. The summed E-state index contributed by atoms with van der Waals surface area (Å²) in [7, 11) is 1.37. The zero-order valence-corrected chi connectivity index (χ0v) is 25.7. The number of carbonyl (C=O) groups excluding carboxylic acids is 4. The van der Waals surface area contributed by atoms with E-state index in [0.29, 0.717) is 6.42 Å². The molecule has 3 rings (SSSR count). The molecule has 2 heterocycles. The molecule has 1 amide bonds. The monoisotopic (exact) mass is 616 g/mol. The summed E-state index contributed by atoms with van der Waals surface area (Å²) >= 11 is 0. The molecular weight excluding hydrogens is 576 g/mol. The van der Waals surface area contributed by atoms with Crippen LogP contribution in [0.3, 0.4) is 0 Å². The fourth-order valence-corrected chi connectivity index (χ4v) is 3.77. The number of benzene rings is 1. The number of carboxylic acids is 1. The first-order valence-corrected chi connectivity index (χ1v) is 14.1. The minimum Gasteiger partial charge on any atom is -0.493 e. The summed E-state index contributed by atoms with van der Waals surface area (Å²) < 4.78 is 26.7. The zero-order valence-electron chi connectivity index (χ0n) is 25.7. The molecule has 3 atom stereocenters. The van der Waals surface area contributed by atoms with Crippen molar-refractivity contribution in [3.63, 3.8) is 0 Å². The second kappa shape index (κ2) is 17.4. The lowest BCUT2D eigenvalue weighted by Gasteiger charge is -2.19. The first-order valence-electron chi connectivity index (χ1n) is 14.1. The standard InChI is InChI=1S/C27H32N2O9.C4H8O2/c1-16(2)25(31)37-15-36-23-21(34-4)10-11-28-22(23)24(30)29-20-14-35-26(32)19(12-17(3)38-27(20)33)13-18-8-6-5-7-9-18;1-3(2)4(5)6/h5-11,16-17,19-20H,12-15H2,1-4H3,(H,29,30);3H,1-2H3,(H,5,6)/t17?,19?,20-;/m0./s1. The quantitative estimate of drug-likeness (QED) is 0.227. The Morgan fingerprint density at radius 2 is 1.70 bits per heavy atom. The van der Waals surface area contributed by atoms with E-state index in [9.17, 15) is 24.0 Å². The van der Waals surface area contributed by atoms with Crippen LogP contribution in [0, 0.1) is 17.8 Å². The van der Waals surface area contributed by atoms with Gasteiger partial charge < -0.3 is 34.1 Å². The highest BCUT2D eigenvalue weighted by atomic mass is 16.7. The Labute approximate surface area is 256 Å².